The highest BCUT2D eigenvalue weighted by molar-refractivity contribution is 5.80. The smallest absolute Gasteiger partial charge is 0.193 e. The van der Waals surface area contributed by atoms with Gasteiger partial charge in [-0.15, -0.1) is 0 Å². The van der Waals surface area contributed by atoms with Crippen LogP contribution >= 0.6 is 0 Å². The first-order chi connectivity index (χ1) is 10.6. The summed E-state index contributed by atoms with van der Waals surface area (Å²) in [4.78, 5) is 12.0. The summed E-state index contributed by atoms with van der Waals surface area (Å²) >= 11 is 0. The van der Waals surface area contributed by atoms with Gasteiger partial charge in [0.15, 0.2) is 5.96 Å². The third-order valence-corrected chi connectivity index (χ3v) is 6.08. The van der Waals surface area contributed by atoms with Gasteiger partial charge < -0.3 is 15.1 Å². The van der Waals surface area contributed by atoms with Gasteiger partial charge in [0, 0.05) is 58.9 Å². The minimum Gasteiger partial charge on any atom is -0.355 e. The van der Waals surface area contributed by atoms with Crippen LogP contribution in [0.3, 0.4) is 0 Å². The molecule has 0 aromatic heterocycles. The van der Waals surface area contributed by atoms with E-state index in [0.29, 0.717) is 11.5 Å². The maximum absolute atomic E-state index is 4.53. The normalized spacial score (nSPS) is 28.0. The van der Waals surface area contributed by atoms with Crippen molar-refractivity contribution in [3.8, 4) is 0 Å². The zero-order chi connectivity index (χ0) is 15.6. The van der Waals surface area contributed by atoms with Crippen LogP contribution in [0.25, 0.3) is 0 Å². The fraction of sp³-hybridized carbons (Fsp3) is 0.941. The van der Waals surface area contributed by atoms with Gasteiger partial charge in [0.05, 0.1) is 0 Å². The number of aliphatic imine (C=N–C) groups is 1. The molecule has 5 nitrogen and oxygen atoms in total. The summed E-state index contributed by atoms with van der Waals surface area (Å²) in [6.45, 7) is 10.5. The lowest BCUT2D eigenvalue weighted by Crippen LogP contribution is -2.52. The maximum Gasteiger partial charge on any atom is 0.193 e. The van der Waals surface area contributed by atoms with Gasteiger partial charge in [0.25, 0.3) is 0 Å². The first-order valence-corrected chi connectivity index (χ1v) is 9.00. The Labute approximate surface area is 135 Å². The molecule has 0 aromatic carbocycles. The Kier molecular flexibility index (Phi) is 4.93. The van der Waals surface area contributed by atoms with E-state index in [0.717, 1.165) is 12.5 Å². The molecular weight excluding hydrogens is 274 g/mol. The highest BCUT2D eigenvalue weighted by Crippen LogP contribution is 2.47. The molecule has 1 aliphatic carbocycles. The van der Waals surface area contributed by atoms with Crippen LogP contribution in [0.1, 0.15) is 32.6 Å². The first kappa shape index (κ1) is 16.1. The van der Waals surface area contributed by atoms with Crippen molar-refractivity contribution in [3.05, 3.63) is 0 Å². The Morgan fingerprint density at radius 2 is 1.86 bits per heavy atom. The number of likely N-dealkylation sites (N-methyl/N-ethyl adjacent to an activating group) is 1. The van der Waals surface area contributed by atoms with Gasteiger partial charge in [0.2, 0.25) is 0 Å². The van der Waals surface area contributed by atoms with Crippen LogP contribution in [0, 0.1) is 5.41 Å². The first-order valence-electron chi connectivity index (χ1n) is 9.00. The number of piperazine rings is 1. The van der Waals surface area contributed by atoms with Crippen molar-refractivity contribution in [3.63, 3.8) is 0 Å². The molecule has 3 fully saturated rings. The van der Waals surface area contributed by atoms with Crippen LogP contribution in [0.4, 0.5) is 0 Å². The molecule has 0 aromatic rings. The molecule has 1 atom stereocenters. The van der Waals surface area contributed by atoms with Gasteiger partial charge in [0.1, 0.15) is 0 Å². The van der Waals surface area contributed by atoms with Crippen molar-refractivity contribution < 1.29 is 0 Å². The van der Waals surface area contributed by atoms with E-state index in [1.165, 1.54) is 65.0 Å². The van der Waals surface area contributed by atoms with Crippen molar-refractivity contribution in [2.75, 3.05) is 59.9 Å². The predicted molar refractivity (Wildman–Crippen MR) is 92.4 cm³/mol. The third kappa shape index (κ3) is 3.40. The highest BCUT2D eigenvalue weighted by atomic mass is 15.3. The van der Waals surface area contributed by atoms with E-state index < -0.39 is 0 Å². The molecule has 3 aliphatic rings. The summed E-state index contributed by atoms with van der Waals surface area (Å²) in [5.41, 5.74) is 0.640. The highest BCUT2D eigenvalue weighted by Gasteiger charge is 2.43. The second kappa shape index (κ2) is 6.75. The van der Waals surface area contributed by atoms with E-state index in [-0.39, 0.29) is 0 Å². The van der Waals surface area contributed by atoms with Gasteiger partial charge in [-0.25, -0.2) is 0 Å². The predicted octanol–water partition coefficient (Wildman–Crippen LogP) is 1.07. The molecule has 2 saturated heterocycles. The van der Waals surface area contributed by atoms with Crippen LogP contribution in [-0.4, -0.2) is 86.6 Å². The lowest BCUT2D eigenvalue weighted by molar-refractivity contribution is 0.119. The van der Waals surface area contributed by atoms with Crippen LogP contribution < -0.4 is 5.32 Å². The minimum atomic E-state index is 0.575. The number of hydrogen-bond donors (Lipinski definition) is 1. The molecule has 2 aliphatic heterocycles. The van der Waals surface area contributed by atoms with Gasteiger partial charge in [-0.1, -0.05) is 6.42 Å². The topological polar surface area (TPSA) is 34.1 Å². The summed E-state index contributed by atoms with van der Waals surface area (Å²) in [5, 5.41) is 3.63. The van der Waals surface area contributed by atoms with Gasteiger partial charge in [-0.05, 0) is 38.6 Å². The van der Waals surface area contributed by atoms with E-state index in [1.54, 1.807) is 0 Å². The molecule has 1 unspecified atom stereocenters. The van der Waals surface area contributed by atoms with E-state index in [2.05, 4.69) is 39.0 Å². The molecule has 0 radical (unpaired) electrons. The van der Waals surface area contributed by atoms with E-state index in [4.69, 9.17) is 0 Å². The summed E-state index contributed by atoms with van der Waals surface area (Å²) in [6, 6.07) is 0.575. The second-order valence-corrected chi connectivity index (χ2v) is 7.64. The summed E-state index contributed by atoms with van der Waals surface area (Å²) < 4.78 is 0. The van der Waals surface area contributed by atoms with Crippen LogP contribution in [-0.2, 0) is 0 Å². The number of nitrogens with zero attached hydrogens (tertiary/aromatic N) is 4. The van der Waals surface area contributed by atoms with Gasteiger partial charge in [-0.2, -0.15) is 0 Å². The molecule has 1 N–H and O–H groups in total. The quantitative estimate of drug-likeness (QED) is 0.625. The number of hydrogen-bond acceptors (Lipinski definition) is 3. The van der Waals surface area contributed by atoms with E-state index >= 15 is 0 Å². The fourth-order valence-electron chi connectivity index (χ4n) is 4.16. The van der Waals surface area contributed by atoms with Gasteiger partial charge in [-0.3, -0.25) is 9.89 Å². The largest absolute Gasteiger partial charge is 0.355 e. The van der Waals surface area contributed by atoms with Crippen molar-refractivity contribution in [2.45, 2.75) is 38.6 Å². The van der Waals surface area contributed by atoms with Gasteiger partial charge >= 0.3 is 0 Å². The Hall–Kier alpha value is -0.810. The van der Waals surface area contributed by atoms with Crippen molar-refractivity contribution in [1.82, 2.24) is 20.0 Å². The molecule has 1 spiro atoms. The van der Waals surface area contributed by atoms with Crippen LogP contribution in [0.5, 0.6) is 0 Å². The molecule has 3 rings (SSSR count). The van der Waals surface area contributed by atoms with E-state index in [1.807, 2.05) is 7.05 Å². The van der Waals surface area contributed by atoms with Crippen molar-refractivity contribution in [2.24, 2.45) is 10.4 Å². The molecule has 126 valence electrons. The monoisotopic (exact) mass is 307 g/mol. The third-order valence-electron chi connectivity index (χ3n) is 6.08. The van der Waals surface area contributed by atoms with Crippen molar-refractivity contribution in [1.29, 1.82) is 0 Å². The maximum atomic E-state index is 4.53. The average Bonchev–Trinajstić information content (AvgIpc) is 2.94. The molecule has 2 heterocycles. The Morgan fingerprint density at radius 1 is 1.14 bits per heavy atom. The zero-order valence-corrected chi connectivity index (χ0v) is 14.6. The SMILES string of the molecule is CN=C(NCC(C)N1CCN(C)CC1)N1CCC2(CCC2)C1. The Bertz CT molecular complexity index is 396. The molecule has 1 saturated carbocycles. The molecule has 5 heteroatoms. The van der Waals surface area contributed by atoms with Crippen molar-refractivity contribution >= 4 is 5.96 Å². The number of rotatable bonds is 3. The summed E-state index contributed by atoms with van der Waals surface area (Å²) in [7, 11) is 4.14. The minimum absolute atomic E-state index is 0.575. The molecule has 0 bridgehead atoms. The molecular formula is C17H33N5. The van der Waals surface area contributed by atoms with Crippen LogP contribution in [0.15, 0.2) is 4.99 Å². The standard InChI is InChI=1S/C17H33N5/c1-15(21-11-9-20(3)10-12-21)13-19-16(18-2)22-8-7-17(14-22)5-4-6-17/h15H,4-14H2,1-3H3,(H,18,19). The molecule has 0 amide bonds. The van der Waals surface area contributed by atoms with Crippen LogP contribution in [0.2, 0.25) is 0 Å². The summed E-state index contributed by atoms with van der Waals surface area (Å²) in [6.07, 6.45) is 5.65. The zero-order valence-electron chi connectivity index (χ0n) is 14.6. The Balaban J connectivity index is 1.45. The second-order valence-electron chi connectivity index (χ2n) is 7.64. The number of guanidine groups is 1. The Morgan fingerprint density at radius 3 is 2.41 bits per heavy atom. The summed E-state index contributed by atoms with van der Waals surface area (Å²) in [5.74, 6) is 1.12. The lowest BCUT2D eigenvalue weighted by Gasteiger charge is -2.39. The number of nitrogens with one attached hydrogen (secondary N) is 1. The lowest BCUT2D eigenvalue weighted by atomic mass is 9.68. The average molecular weight is 307 g/mol. The number of likely N-dealkylation sites (tertiary alicyclic amines) is 1. The fourth-order valence-corrected chi connectivity index (χ4v) is 4.16. The molecule has 22 heavy (non-hydrogen) atoms. The van der Waals surface area contributed by atoms with E-state index in [9.17, 15) is 0 Å².